The number of halogens is 1. The first-order valence-corrected chi connectivity index (χ1v) is 9.20. The second-order valence-electron chi connectivity index (χ2n) is 5.64. The predicted molar refractivity (Wildman–Crippen MR) is 104 cm³/mol. The van der Waals surface area contributed by atoms with Gasteiger partial charge in [0.2, 0.25) is 0 Å². The number of ether oxygens (including phenoxy) is 2. The molecule has 0 aliphatic carbocycles. The number of carbonyl (C=O) groups excluding carboxylic acids is 1. The molecule has 0 N–H and O–H groups in total. The van der Waals surface area contributed by atoms with Crippen molar-refractivity contribution in [2.45, 2.75) is 6.92 Å². The SMILES string of the molecule is CCN(C(=O)c1ccc(F)cc1)c1nc(-c2cc(OC)ccc2OC)cs1. The van der Waals surface area contributed by atoms with Crippen LogP contribution in [0.1, 0.15) is 17.3 Å². The molecule has 0 aliphatic rings. The number of amides is 1. The van der Waals surface area contributed by atoms with E-state index in [0.717, 1.165) is 5.56 Å². The Labute approximate surface area is 161 Å². The van der Waals surface area contributed by atoms with Gasteiger partial charge < -0.3 is 9.47 Å². The van der Waals surface area contributed by atoms with Gasteiger partial charge in [0.1, 0.15) is 17.3 Å². The summed E-state index contributed by atoms with van der Waals surface area (Å²) < 4.78 is 23.8. The minimum Gasteiger partial charge on any atom is -0.497 e. The van der Waals surface area contributed by atoms with E-state index in [9.17, 15) is 9.18 Å². The van der Waals surface area contributed by atoms with E-state index in [-0.39, 0.29) is 11.7 Å². The van der Waals surface area contributed by atoms with Crippen LogP contribution in [-0.2, 0) is 0 Å². The molecule has 0 fully saturated rings. The normalized spacial score (nSPS) is 10.5. The van der Waals surface area contributed by atoms with Gasteiger partial charge in [-0.15, -0.1) is 11.3 Å². The van der Waals surface area contributed by atoms with Crippen LogP contribution in [0.15, 0.2) is 47.8 Å². The Bertz CT molecular complexity index is 941. The molecule has 3 rings (SSSR count). The van der Waals surface area contributed by atoms with Gasteiger partial charge in [0.15, 0.2) is 5.13 Å². The summed E-state index contributed by atoms with van der Waals surface area (Å²) in [5.41, 5.74) is 1.88. The molecule has 3 aromatic rings. The maximum Gasteiger partial charge on any atom is 0.260 e. The van der Waals surface area contributed by atoms with Gasteiger partial charge in [-0.3, -0.25) is 9.69 Å². The molecule has 1 heterocycles. The molecule has 0 aliphatic heterocycles. The lowest BCUT2D eigenvalue weighted by atomic mass is 10.1. The molecule has 0 bridgehead atoms. The molecule has 2 aromatic carbocycles. The van der Waals surface area contributed by atoms with Crippen molar-refractivity contribution in [2.24, 2.45) is 0 Å². The summed E-state index contributed by atoms with van der Waals surface area (Å²) in [5.74, 6) is 0.753. The molecule has 140 valence electrons. The number of hydrogen-bond donors (Lipinski definition) is 0. The van der Waals surface area contributed by atoms with E-state index in [1.807, 2.05) is 30.5 Å². The number of thiazole rings is 1. The largest absolute Gasteiger partial charge is 0.497 e. The van der Waals surface area contributed by atoms with Crippen LogP contribution in [0.2, 0.25) is 0 Å². The van der Waals surface area contributed by atoms with Gasteiger partial charge in [-0.1, -0.05) is 0 Å². The molecule has 27 heavy (non-hydrogen) atoms. The highest BCUT2D eigenvalue weighted by Gasteiger charge is 2.20. The molecule has 0 saturated heterocycles. The second kappa shape index (κ2) is 8.18. The van der Waals surface area contributed by atoms with E-state index in [1.165, 1.54) is 35.6 Å². The van der Waals surface area contributed by atoms with Gasteiger partial charge in [-0.05, 0) is 49.4 Å². The van der Waals surface area contributed by atoms with Crippen LogP contribution < -0.4 is 14.4 Å². The number of hydrogen-bond acceptors (Lipinski definition) is 5. The van der Waals surface area contributed by atoms with Crippen molar-refractivity contribution >= 4 is 22.4 Å². The topological polar surface area (TPSA) is 51.7 Å². The van der Waals surface area contributed by atoms with Crippen LogP contribution in [0, 0.1) is 5.82 Å². The van der Waals surface area contributed by atoms with Gasteiger partial charge in [0, 0.05) is 23.1 Å². The Balaban J connectivity index is 1.94. The van der Waals surface area contributed by atoms with Gasteiger partial charge in [-0.2, -0.15) is 0 Å². The van der Waals surface area contributed by atoms with E-state index in [0.29, 0.717) is 34.4 Å². The zero-order valence-electron chi connectivity index (χ0n) is 15.2. The van der Waals surface area contributed by atoms with Crippen molar-refractivity contribution < 1.29 is 18.7 Å². The minimum absolute atomic E-state index is 0.226. The lowest BCUT2D eigenvalue weighted by molar-refractivity contribution is 0.0988. The molecule has 0 saturated carbocycles. The van der Waals surface area contributed by atoms with Crippen molar-refractivity contribution in [1.29, 1.82) is 0 Å². The fourth-order valence-corrected chi connectivity index (χ4v) is 3.53. The summed E-state index contributed by atoms with van der Waals surface area (Å²) in [6, 6.07) is 11.0. The summed E-state index contributed by atoms with van der Waals surface area (Å²) >= 11 is 1.36. The summed E-state index contributed by atoms with van der Waals surface area (Å²) in [6.07, 6.45) is 0. The highest BCUT2D eigenvalue weighted by Crippen LogP contribution is 2.36. The van der Waals surface area contributed by atoms with Crippen LogP contribution in [0.4, 0.5) is 9.52 Å². The standard InChI is InChI=1S/C20H19FN2O3S/c1-4-23(19(24)13-5-7-14(21)8-6-13)20-22-17(12-27-20)16-11-15(25-2)9-10-18(16)26-3/h5-12H,4H2,1-3H3. The van der Waals surface area contributed by atoms with Crippen LogP contribution in [0.3, 0.4) is 0 Å². The highest BCUT2D eigenvalue weighted by molar-refractivity contribution is 7.14. The summed E-state index contributed by atoms with van der Waals surface area (Å²) in [6.45, 7) is 2.31. The number of methoxy groups -OCH3 is 2. The Morgan fingerprint density at radius 2 is 1.89 bits per heavy atom. The number of anilines is 1. The molecular weight excluding hydrogens is 367 g/mol. The maximum absolute atomic E-state index is 13.1. The minimum atomic E-state index is -0.378. The lowest BCUT2D eigenvalue weighted by Crippen LogP contribution is -2.30. The van der Waals surface area contributed by atoms with Crippen LogP contribution in [0.25, 0.3) is 11.3 Å². The predicted octanol–water partition coefficient (Wildman–Crippen LogP) is 4.63. The highest BCUT2D eigenvalue weighted by atomic mass is 32.1. The third-order valence-corrected chi connectivity index (χ3v) is 4.92. The summed E-state index contributed by atoms with van der Waals surface area (Å²) in [4.78, 5) is 19.0. The van der Waals surface area contributed by atoms with Crippen molar-refractivity contribution in [3.63, 3.8) is 0 Å². The summed E-state index contributed by atoms with van der Waals surface area (Å²) in [5, 5.41) is 2.43. The Morgan fingerprint density at radius 3 is 2.52 bits per heavy atom. The van der Waals surface area contributed by atoms with Crippen LogP contribution >= 0.6 is 11.3 Å². The zero-order valence-corrected chi connectivity index (χ0v) is 16.0. The maximum atomic E-state index is 13.1. The van der Waals surface area contributed by atoms with E-state index in [4.69, 9.17) is 9.47 Å². The van der Waals surface area contributed by atoms with Crippen LogP contribution in [0.5, 0.6) is 11.5 Å². The first kappa shape index (κ1) is 18.8. The van der Waals surface area contributed by atoms with Crippen molar-refractivity contribution in [1.82, 2.24) is 4.98 Å². The number of benzene rings is 2. The van der Waals surface area contributed by atoms with Crippen molar-refractivity contribution in [3.05, 3.63) is 59.2 Å². The van der Waals surface area contributed by atoms with Crippen LogP contribution in [-0.4, -0.2) is 31.7 Å². The molecule has 7 heteroatoms. The van der Waals surface area contributed by atoms with E-state index < -0.39 is 0 Å². The van der Waals surface area contributed by atoms with E-state index in [1.54, 1.807) is 19.1 Å². The van der Waals surface area contributed by atoms with Gasteiger partial charge in [0.25, 0.3) is 5.91 Å². The van der Waals surface area contributed by atoms with E-state index in [2.05, 4.69) is 4.98 Å². The second-order valence-corrected chi connectivity index (χ2v) is 6.47. The van der Waals surface area contributed by atoms with Gasteiger partial charge in [0.05, 0.1) is 19.9 Å². The monoisotopic (exact) mass is 386 g/mol. The molecule has 1 amide bonds. The molecule has 0 atom stereocenters. The lowest BCUT2D eigenvalue weighted by Gasteiger charge is -2.17. The first-order valence-electron chi connectivity index (χ1n) is 8.32. The first-order chi connectivity index (χ1) is 13.1. The summed E-state index contributed by atoms with van der Waals surface area (Å²) in [7, 11) is 3.19. The average molecular weight is 386 g/mol. The number of aromatic nitrogens is 1. The average Bonchev–Trinajstić information content (AvgIpc) is 3.18. The van der Waals surface area contributed by atoms with Gasteiger partial charge in [-0.25, -0.2) is 9.37 Å². The Morgan fingerprint density at radius 1 is 1.15 bits per heavy atom. The van der Waals surface area contributed by atoms with E-state index >= 15 is 0 Å². The number of nitrogens with zero attached hydrogens (tertiary/aromatic N) is 2. The number of carbonyl (C=O) groups is 1. The number of rotatable bonds is 6. The molecule has 5 nitrogen and oxygen atoms in total. The van der Waals surface area contributed by atoms with Crippen molar-refractivity contribution in [3.8, 4) is 22.8 Å². The molecular formula is C20H19FN2O3S. The Hall–Kier alpha value is -2.93. The zero-order chi connectivity index (χ0) is 19.4. The molecule has 0 radical (unpaired) electrons. The fourth-order valence-electron chi connectivity index (χ4n) is 2.64. The van der Waals surface area contributed by atoms with Crippen molar-refractivity contribution in [2.75, 3.05) is 25.7 Å². The quantitative estimate of drug-likeness (QED) is 0.620. The third kappa shape index (κ3) is 3.93. The Kier molecular flexibility index (Phi) is 5.71. The van der Waals surface area contributed by atoms with Gasteiger partial charge >= 0.3 is 0 Å². The molecule has 0 spiro atoms. The molecule has 1 aromatic heterocycles. The molecule has 0 unspecified atom stereocenters. The smallest absolute Gasteiger partial charge is 0.260 e. The fraction of sp³-hybridized carbons (Fsp3) is 0.200. The third-order valence-electron chi connectivity index (χ3n) is 4.06.